The smallest absolute Gasteiger partial charge is 0.234 e. The van der Waals surface area contributed by atoms with E-state index in [1.165, 1.54) is 0 Å². The number of carbonyl (C=O) groups is 2. The molecule has 0 aromatic heterocycles. The molecule has 0 radical (unpaired) electrons. The molecule has 4 N–H and O–H groups in total. The van der Waals surface area contributed by atoms with Crippen LogP contribution in [0.3, 0.4) is 0 Å². The maximum atomic E-state index is 11.9. The molecule has 1 saturated carbocycles. The van der Waals surface area contributed by atoms with E-state index in [9.17, 15) is 9.59 Å². The van der Waals surface area contributed by atoms with Gasteiger partial charge in [-0.2, -0.15) is 0 Å². The number of primary amides is 1. The molecule has 4 atom stereocenters. The van der Waals surface area contributed by atoms with E-state index >= 15 is 0 Å². The number of hydrogen-bond acceptors (Lipinski definition) is 3. The van der Waals surface area contributed by atoms with Crippen molar-refractivity contribution in [3.05, 3.63) is 0 Å². The van der Waals surface area contributed by atoms with Crippen molar-refractivity contribution in [1.29, 1.82) is 0 Å². The minimum absolute atomic E-state index is 0.117. The Kier molecular flexibility index (Phi) is 1.66. The second-order valence-electron chi connectivity index (χ2n) is 4.96. The van der Waals surface area contributed by atoms with Gasteiger partial charge in [-0.05, 0) is 25.2 Å². The van der Waals surface area contributed by atoms with Crippen LogP contribution in [0.5, 0.6) is 0 Å². The quantitative estimate of drug-likeness (QED) is 0.503. The Balaban J connectivity index is 1.86. The van der Waals surface area contributed by atoms with Gasteiger partial charge in [0.2, 0.25) is 11.8 Å². The fourth-order valence-corrected chi connectivity index (χ4v) is 3.29. The second kappa shape index (κ2) is 2.72. The highest BCUT2D eigenvalue weighted by Crippen LogP contribution is 2.51. The lowest BCUT2D eigenvalue weighted by Gasteiger charge is -2.37. The van der Waals surface area contributed by atoms with E-state index in [0.29, 0.717) is 24.9 Å². The van der Waals surface area contributed by atoms with Crippen molar-refractivity contribution in [1.82, 2.24) is 10.6 Å². The first-order valence-electron chi connectivity index (χ1n) is 5.47. The molecule has 4 unspecified atom stereocenters. The lowest BCUT2D eigenvalue weighted by atomic mass is 9.64. The van der Waals surface area contributed by atoms with Crippen LogP contribution in [0.1, 0.15) is 19.3 Å². The summed E-state index contributed by atoms with van der Waals surface area (Å²) in [6.45, 7) is 0.605. The van der Waals surface area contributed by atoms with E-state index in [4.69, 9.17) is 5.73 Å². The normalized spacial score (nSPS) is 47.5. The molecule has 1 spiro atoms. The van der Waals surface area contributed by atoms with Gasteiger partial charge in [0.25, 0.3) is 0 Å². The number of rotatable bonds is 1. The fraction of sp³-hybridized carbons (Fsp3) is 0.800. The Morgan fingerprint density at radius 3 is 2.73 bits per heavy atom. The van der Waals surface area contributed by atoms with Gasteiger partial charge in [0.15, 0.2) is 0 Å². The first-order chi connectivity index (χ1) is 7.13. The van der Waals surface area contributed by atoms with Crippen LogP contribution in [-0.4, -0.2) is 30.4 Å². The summed E-state index contributed by atoms with van der Waals surface area (Å²) in [7, 11) is 0. The van der Waals surface area contributed by atoms with Crippen molar-refractivity contribution in [3.8, 4) is 0 Å². The Hall–Kier alpha value is -1.10. The standard InChI is InChI=1S/C10H15N3O2/c11-8(14)7-3-10(4-12-7)5-1-2-6(5)13-9(10)15/h5-7,12H,1-4H2,(H2,11,14)(H,13,15). The Labute approximate surface area is 87.8 Å². The van der Waals surface area contributed by atoms with E-state index < -0.39 is 0 Å². The van der Waals surface area contributed by atoms with E-state index in [1.807, 2.05) is 0 Å². The molecule has 2 heterocycles. The Bertz CT molecular complexity index is 344. The van der Waals surface area contributed by atoms with E-state index in [0.717, 1.165) is 12.8 Å². The molecule has 2 amide bonds. The molecule has 0 bridgehead atoms. The molecule has 0 aromatic rings. The summed E-state index contributed by atoms with van der Waals surface area (Å²) >= 11 is 0. The first kappa shape index (κ1) is 9.15. The topological polar surface area (TPSA) is 84.2 Å². The molecule has 3 aliphatic rings. The Morgan fingerprint density at radius 1 is 1.47 bits per heavy atom. The second-order valence-corrected chi connectivity index (χ2v) is 4.96. The van der Waals surface area contributed by atoms with Gasteiger partial charge in [0, 0.05) is 12.6 Å². The molecule has 15 heavy (non-hydrogen) atoms. The molecule has 2 saturated heterocycles. The molecule has 82 valence electrons. The van der Waals surface area contributed by atoms with Crippen molar-refractivity contribution in [2.75, 3.05) is 6.54 Å². The van der Waals surface area contributed by atoms with Gasteiger partial charge < -0.3 is 16.4 Å². The third-order valence-corrected chi connectivity index (χ3v) is 4.33. The number of hydrogen-bond donors (Lipinski definition) is 3. The Morgan fingerprint density at radius 2 is 2.27 bits per heavy atom. The monoisotopic (exact) mass is 209 g/mol. The van der Waals surface area contributed by atoms with Crippen LogP contribution in [0, 0.1) is 11.3 Å². The minimum atomic E-state index is -0.345. The maximum absolute atomic E-state index is 11.9. The highest BCUT2D eigenvalue weighted by Gasteiger charge is 2.61. The molecule has 3 rings (SSSR count). The molecule has 3 fully saturated rings. The lowest BCUT2D eigenvalue weighted by Crippen LogP contribution is -2.41. The van der Waals surface area contributed by atoms with Gasteiger partial charge in [0.1, 0.15) is 0 Å². The number of carbonyl (C=O) groups excluding carboxylic acids is 2. The number of nitrogens with two attached hydrogens (primary N) is 1. The highest BCUT2D eigenvalue weighted by atomic mass is 16.2. The zero-order valence-electron chi connectivity index (χ0n) is 8.45. The average molecular weight is 209 g/mol. The third kappa shape index (κ3) is 1.01. The number of fused-ring (bicyclic) bond motifs is 2. The van der Waals surface area contributed by atoms with Gasteiger partial charge in [-0.15, -0.1) is 0 Å². The summed E-state index contributed by atoms with van der Waals surface area (Å²) in [6, 6.07) is 0.0287. The van der Waals surface area contributed by atoms with Crippen LogP contribution in [0.4, 0.5) is 0 Å². The number of nitrogens with one attached hydrogen (secondary N) is 2. The van der Waals surface area contributed by atoms with Crippen molar-refractivity contribution in [2.24, 2.45) is 17.1 Å². The largest absolute Gasteiger partial charge is 0.368 e. The van der Waals surface area contributed by atoms with Crippen LogP contribution in [0.2, 0.25) is 0 Å². The van der Waals surface area contributed by atoms with Crippen molar-refractivity contribution >= 4 is 11.8 Å². The van der Waals surface area contributed by atoms with E-state index in [2.05, 4.69) is 10.6 Å². The van der Waals surface area contributed by atoms with Crippen LogP contribution in [0.15, 0.2) is 0 Å². The molecule has 1 aliphatic carbocycles. The van der Waals surface area contributed by atoms with Gasteiger partial charge in [-0.3, -0.25) is 9.59 Å². The zero-order chi connectivity index (χ0) is 10.6. The van der Waals surface area contributed by atoms with Crippen molar-refractivity contribution < 1.29 is 9.59 Å². The van der Waals surface area contributed by atoms with Crippen LogP contribution < -0.4 is 16.4 Å². The first-order valence-corrected chi connectivity index (χ1v) is 5.47. The average Bonchev–Trinajstić information content (AvgIpc) is 2.63. The van der Waals surface area contributed by atoms with Gasteiger partial charge in [-0.25, -0.2) is 0 Å². The van der Waals surface area contributed by atoms with E-state index in [1.54, 1.807) is 0 Å². The summed E-state index contributed by atoms with van der Waals surface area (Å²) in [5, 5.41) is 6.08. The SMILES string of the molecule is NC(=O)C1CC2(CN1)C(=O)NC1CCC12. The zero-order valence-corrected chi connectivity index (χ0v) is 8.45. The van der Waals surface area contributed by atoms with Crippen LogP contribution >= 0.6 is 0 Å². The summed E-state index contributed by atoms with van der Waals surface area (Å²) in [6.07, 6.45) is 2.76. The fourth-order valence-electron chi connectivity index (χ4n) is 3.29. The summed E-state index contributed by atoms with van der Waals surface area (Å²) in [5.41, 5.74) is 4.91. The number of amides is 2. The van der Waals surface area contributed by atoms with E-state index in [-0.39, 0.29) is 23.3 Å². The molecular formula is C10H15N3O2. The molecule has 5 heteroatoms. The maximum Gasteiger partial charge on any atom is 0.234 e. The summed E-state index contributed by atoms with van der Waals surface area (Å²) < 4.78 is 0. The molecule has 2 aliphatic heterocycles. The van der Waals surface area contributed by atoms with Gasteiger partial charge in [0.05, 0.1) is 11.5 Å². The van der Waals surface area contributed by atoms with Crippen molar-refractivity contribution in [2.45, 2.75) is 31.3 Å². The molecular weight excluding hydrogens is 194 g/mol. The van der Waals surface area contributed by atoms with Gasteiger partial charge >= 0.3 is 0 Å². The lowest BCUT2D eigenvalue weighted by molar-refractivity contribution is -0.128. The molecule has 5 nitrogen and oxygen atoms in total. The minimum Gasteiger partial charge on any atom is -0.368 e. The van der Waals surface area contributed by atoms with Crippen molar-refractivity contribution in [3.63, 3.8) is 0 Å². The predicted octanol–water partition coefficient (Wildman–Crippen LogP) is -1.27. The third-order valence-electron chi connectivity index (χ3n) is 4.33. The summed E-state index contributed by atoms with van der Waals surface area (Å²) in [4.78, 5) is 23.0. The highest BCUT2D eigenvalue weighted by molar-refractivity contribution is 5.89. The summed E-state index contributed by atoms with van der Waals surface area (Å²) in [5.74, 6) is 0.190. The molecule has 0 aromatic carbocycles. The predicted molar refractivity (Wildman–Crippen MR) is 52.7 cm³/mol. The van der Waals surface area contributed by atoms with Gasteiger partial charge in [-0.1, -0.05) is 0 Å². The van der Waals surface area contributed by atoms with Crippen LogP contribution in [-0.2, 0) is 9.59 Å². The van der Waals surface area contributed by atoms with Crippen LogP contribution in [0.25, 0.3) is 0 Å².